The Balaban J connectivity index is 1.92. The number of amides is 2. The smallest absolute Gasteiger partial charge is 0.308 e. The van der Waals surface area contributed by atoms with Crippen LogP contribution in [0.4, 0.5) is 5.69 Å². The molecule has 0 bridgehead atoms. The predicted molar refractivity (Wildman–Crippen MR) is 105 cm³/mol. The van der Waals surface area contributed by atoms with Gasteiger partial charge in [0.2, 0.25) is 5.91 Å². The van der Waals surface area contributed by atoms with E-state index in [0.29, 0.717) is 16.5 Å². The van der Waals surface area contributed by atoms with E-state index in [9.17, 15) is 14.4 Å². The van der Waals surface area contributed by atoms with Gasteiger partial charge in [0.05, 0.1) is 25.3 Å². The molecule has 148 valence electrons. The Morgan fingerprint density at radius 1 is 1.11 bits per heavy atom. The van der Waals surface area contributed by atoms with E-state index in [0.717, 1.165) is 5.56 Å². The summed E-state index contributed by atoms with van der Waals surface area (Å²) in [6.45, 7) is 0.892. The first kappa shape index (κ1) is 21.2. The highest BCUT2D eigenvalue weighted by atomic mass is 35.5. The van der Waals surface area contributed by atoms with Crippen molar-refractivity contribution < 1.29 is 23.9 Å². The summed E-state index contributed by atoms with van der Waals surface area (Å²) in [5, 5.41) is 5.71. The topological polar surface area (TPSA) is 93.7 Å². The number of rotatable bonds is 8. The lowest BCUT2D eigenvalue weighted by Gasteiger charge is -2.17. The molecule has 2 rings (SSSR count). The van der Waals surface area contributed by atoms with E-state index in [4.69, 9.17) is 21.1 Å². The van der Waals surface area contributed by atoms with Gasteiger partial charge < -0.3 is 20.1 Å². The van der Waals surface area contributed by atoms with Crippen molar-refractivity contribution >= 4 is 35.1 Å². The fraction of sp³-hybridized carbons (Fsp3) is 0.250. The molecular weight excluding hydrogens is 384 g/mol. The highest BCUT2D eigenvalue weighted by Gasteiger charge is 2.19. The Morgan fingerprint density at radius 3 is 2.46 bits per heavy atom. The summed E-state index contributed by atoms with van der Waals surface area (Å²) in [6.07, 6.45) is -0.0998. The minimum atomic E-state index is -0.615. The van der Waals surface area contributed by atoms with Gasteiger partial charge in [-0.05, 0) is 23.8 Å². The van der Waals surface area contributed by atoms with Crippen molar-refractivity contribution in [3.8, 4) is 5.75 Å². The molecule has 0 radical (unpaired) electrons. The molecule has 0 aliphatic rings. The monoisotopic (exact) mass is 404 g/mol. The summed E-state index contributed by atoms with van der Waals surface area (Å²) in [5.74, 6) is -0.994. The van der Waals surface area contributed by atoms with Crippen LogP contribution in [0, 0.1) is 0 Å². The van der Waals surface area contributed by atoms with Crippen LogP contribution in [0.1, 0.15) is 24.9 Å². The van der Waals surface area contributed by atoms with E-state index in [2.05, 4.69) is 10.6 Å². The first-order valence-electron chi connectivity index (χ1n) is 8.50. The van der Waals surface area contributed by atoms with Crippen LogP contribution < -0.4 is 15.4 Å². The number of hydrogen-bond acceptors (Lipinski definition) is 5. The molecule has 0 aromatic heterocycles. The number of benzene rings is 2. The molecule has 0 unspecified atom stereocenters. The van der Waals surface area contributed by atoms with Crippen LogP contribution in [0.15, 0.2) is 48.5 Å². The first-order valence-corrected chi connectivity index (χ1v) is 8.88. The molecule has 1 atom stereocenters. The maximum absolute atomic E-state index is 12.1. The molecule has 8 heteroatoms. The predicted octanol–water partition coefficient (Wildman–Crippen LogP) is 3.10. The minimum Gasteiger partial charge on any atom is -0.495 e. The minimum absolute atomic E-state index is 0.0998. The zero-order valence-corrected chi connectivity index (χ0v) is 16.3. The molecule has 7 nitrogen and oxygen atoms in total. The fourth-order valence-electron chi connectivity index (χ4n) is 2.52. The maximum atomic E-state index is 12.1. The van der Waals surface area contributed by atoms with Gasteiger partial charge in [-0.25, -0.2) is 0 Å². The van der Waals surface area contributed by atoms with Crippen LogP contribution in [-0.4, -0.2) is 31.5 Å². The Hall–Kier alpha value is -3.06. The van der Waals surface area contributed by atoms with Crippen molar-refractivity contribution in [1.29, 1.82) is 0 Å². The first-order chi connectivity index (χ1) is 13.4. The van der Waals surface area contributed by atoms with Crippen LogP contribution in [-0.2, 0) is 19.1 Å². The van der Waals surface area contributed by atoms with E-state index >= 15 is 0 Å². The molecule has 0 aliphatic heterocycles. The van der Waals surface area contributed by atoms with Crippen molar-refractivity contribution in [3.63, 3.8) is 0 Å². The zero-order valence-electron chi connectivity index (χ0n) is 15.5. The normalized spacial score (nSPS) is 11.2. The third-order valence-electron chi connectivity index (χ3n) is 3.75. The molecule has 0 saturated heterocycles. The zero-order chi connectivity index (χ0) is 20.5. The molecule has 2 aromatic carbocycles. The lowest BCUT2D eigenvalue weighted by atomic mass is 10.0. The lowest BCUT2D eigenvalue weighted by molar-refractivity contribution is -0.148. The number of methoxy groups -OCH3 is 1. The van der Waals surface area contributed by atoms with Gasteiger partial charge in [-0.1, -0.05) is 41.9 Å². The number of anilines is 1. The molecule has 0 heterocycles. The number of halogens is 1. The summed E-state index contributed by atoms with van der Waals surface area (Å²) >= 11 is 5.92. The van der Waals surface area contributed by atoms with Gasteiger partial charge in [0.1, 0.15) is 5.75 Å². The van der Waals surface area contributed by atoms with E-state index in [1.165, 1.54) is 20.1 Å². The van der Waals surface area contributed by atoms with Gasteiger partial charge in [-0.15, -0.1) is 0 Å². The molecule has 0 aliphatic carbocycles. The Labute approximate surface area is 168 Å². The largest absolute Gasteiger partial charge is 0.495 e. The molecule has 0 fully saturated rings. The highest BCUT2D eigenvalue weighted by Crippen LogP contribution is 2.27. The summed E-state index contributed by atoms with van der Waals surface area (Å²) in [6, 6.07) is 13.3. The van der Waals surface area contributed by atoms with E-state index in [1.807, 2.05) is 6.07 Å². The molecule has 28 heavy (non-hydrogen) atoms. The molecule has 2 amide bonds. The molecular formula is C20H21ClN2O5. The maximum Gasteiger partial charge on any atom is 0.308 e. The molecule has 2 N–H and O–H groups in total. The summed E-state index contributed by atoms with van der Waals surface area (Å²) in [7, 11) is 1.46. The van der Waals surface area contributed by atoms with Crippen molar-refractivity contribution in [2.75, 3.05) is 19.0 Å². The molecule has 0 saturated carbocycles. The van der Waals surface area contributed by atoms with Gasteiger partial charge >= 0.3 is 5.97 Å². The molecule has 2 aromatic rings. The number of carbonyl (C=O) groups is 3. The number of carbonyl (C=O) groups excluding carboxylic acids is 3. The number of nitrogens with one attached hydrogen (secondary N) is 2. The second-order valence-electron chi connectivity index (χ2n) is 5.92. The quantitative estimate of drug-likeness (QED) is 0.659. The molecule has 0 spiro atoms. The van der Waals surface area contributed by atoms with Crippen LogP contribution in [0.3, 0.4) is 0 Å². The lowest BCUT2D eigenvalue weighted by Crippen LogP contribution is -2.29. The van der Waals surface area contributed by atoms with Crippen molar-refractivity contribution in [1.82, 2.24) is 5.32 Å². The van der Waals surface area contributed by atoms with Crippen LogP contribution in [0.2, 0.25) is 5.02 Å². The van der Waals surface area contributed by atoms with E-state index in [1.54, 1.807) is 36.4 Å². The fourth-order valence-corrected chi connectivity index (χ4v) is 2.69. The van der Waals surface area contributed by atoms with Crippen molar-refractivity contribution in [3.05, 3.63) is 59.1 Å². The van der Waals surface area contributed by atoms with Gasteiger partial charge in [0.15, 0.2) is 6.61 Å². The van der Waals surface area contributed by atoms with Crippen molar-refractivity contribution in [2.24, 2.45) is 0 Å². The van der Waals surface area contributed by atoms with Gasteiger partial charge in [-0.2, -0.15) is 0 Å². The number of hydrogen-bond donors (Lipinski definition) is 2. The summed E-state index contributed by atoms with van der Waals surface area (Å²) in [5.41, 5.74) is 1.14. The SMILES string of the molecule is COc1ccc(Cl)cc1NC(=O)COC(=O)C[C@H](NC(C)=O)c1ccccc1. The van der Waals surface area contributed by atoms with Crippen molar-refractivity contribution in [2.45, 2.75) is 19.4 Å². The number of esters is 1. The van der Waals surface area contributed by atoms with Gasteiger partial charge in [-0.3, -0.25) is 14.4 Å². The second kappa shape index (κ2) is 10.3. The average Bonchev–Trinajstić information content (AvgIpc) is 2.66. The van der Waals surface area contributed by atoms with E-state index in [-0.39, 0.29) is 12.3 Å². The van der Waals surface area contributed by atoms with Gasteiger partial charge in [0.25, 0.3) is 5.91 Å². The van der Waals surface area contributed by atoms with Crippen LogP contribution in [0.5, 0.6) is 5.75 Å². The Morgan fingerprint density at radius 2 is 1.82 bits per heavy atom. The standard InChI is InChI=1S/C20H21ClN2O5/c1-13(24)22-16(14-6-4-3-5-7-14)11-20(26)28-12-19(25)23-17-10-15(21)8-9-18(17)27-2/h3-10,16H,11-12H2,1-2H3,(H,22,24)(H,23,25)/t16-/m0/s1. The highest BCUT2D eigenvalue weighted by molar-refractivity contribution is 6.31. The Bertz CT molecular complexity index is 842. The summed E-state index contributed by atoms with van der Waals surface area (Å²) < 4.78 is 10.2. The third kappa shape index (κ3) is 6.59. The van der Waals surface area contributed by atoms with Gasteiger partial charge in [0, 0.05) is 11.9 Å². The number of ether oxygens (including phenoxy) is 2. The summed E-state index contributed by atoms with van der Waals surface area (Å²) in [4.78, 5) is 35.6. The third-order valence-corrected chi connectivity index (χ3v) is 3.99. The average molecular weight is 405 g/mol. The second-order valence-corrected chi connectivity index (χ2v) is 6.36. The van der Waals surface area contributed by atoms with E-state index < -0.39 is 24.5 Å². The van der Waals surface area contributed by atoms with Crippen LogP contribution >= 0.6 is 11.6 Å². The Kier molecular flexibility index (Phi) is 7.83. The van der Waals surface area contributed by atoms with Crippen LogP contribution in [0.25, 0.3) is 0 Å².